The number of hydrogen-bond donors (Lipinski definition) is 1. The fourth-order valence-corrected chi connectivity index (χ4v) is 4.47. The first kappa shape index (κ1) is 16.9. The maximum atomic E-state index is 10.8. The molecule has 1 aliphatic rings. The lowest BCUT2D eigenvalue weighted by Crippen LogP contribution is -1.94. The number of rotatable bonds is 2. The minimum Gasteiger partial charge on any atom is -0.493 e. The number of fused-ring (bicyclic) bond motifs is 1. The third-order valence-electron chi connectivity index (χ3n) is 4.47. The maximum Gasteiger partial charge on any atom is 0.215 e. The van der Waals surface area contributed by atoms with Crippen LogP contribution in [0, 0.1) is 17.8 Å². The molecule has 1 aromatic heterocycles. The van der Waals surface area contributed by atoms with Crippen molar-refractivity contribution in [1.29, 1.82) is 0 Å². The van der Waals surface area contributed by atoms with Gasteiger partial charge in [0.25, 0.3) is 0 Å². The minimum absolute atomic E-state index is 0.173. The van der Waals surface area contributed by atoms with E-state index in [1.807, 2.05) is 50.3 Å². The molecule has 2 heterocycles. The van der Waals surface area contributed by atoms with Crippen LogP contribution in [0.25, 0.3) is 17.3 Å². The van der Waals surface area contributed by atoms with Crippen molar-refractivity contribution in [2.45, 2.75) is 20.8 Å². The molecule has 26 heavy (non-hydrogen) atoms. The first-order valence-electron chi connectivity index (χ1n) is 8.34. The van der Waals surface area contributed by atoms with Crippen LogP contribution >= 0.6 is 23.6 Å². The summed E-state index contributed by atoms with van der Waals surface area (Å²) in [5.74, 6) is 0.173. The zero-order valence-corrected chi connectivity index (χ0v) is 16.4. The Morgan fingerprint density at radius 1 is 1.08 bits per heavy atom. The molecule has 3 nitrogen and oxygen atoms in total. The fraction of sp³-hybridized carbons (Fsp3) is 0.143. The van der Waals surface area contributed by atoms with Crippen LogP contribution in [-0.2, 0) is 0 Å². The van der Waals surface area contributed by atoms with Crippen LogP contribution in [0.3, 0.4) is 0 Å². The number of allylic oxidation sites excluding steroid dienone is 1. The Labute approximate surface area is 161 Å². The van der Waals surface area contributed by atoms with E-state index in [9.17, 15) is 5.11 Å². The van der Waals surface area contributed by atoms with Gasteiger partial charge in [-0.2, -0.15) is 0 Å². The molecule has 2 aromatic carbocycles. The standard InChI is InChI=1S/C21H18N2OS2/c1-12-5-4-6-15(9-12)23-20(24)19(26-21(23)25)11-16-14(3)22-18-8-7-13(2)10-17(16)18/h4-11,24H,1-3H3/b16-11-. The van der Waals surface area contributed by atoms with E-state index in [-0.39, 0.29) is 5.88 Å². The van der Waals surface area contributed by atoms with Gasteiger partial charge in [0.15, 0.2) is 3.95 Å². The van der Waals surface area contributed by atoms with Crippen LogP contribution in [0.1, 0.15) is 28.5 Å². The van der Waals surface area contributed by atoms with Gasteiger partial charge in [0.2, 0.25) is 5.88 Å². The van der Waals surface area contributed by atoms with Gasteiger partial charge in [-0.05, 0) is 68.9 Å². The lowest BCUT2D eigenvalue weighted by atomic mass is 10.0. The van der Waals surface area contributed by atoms with E-state index >= 15 is 0 Å². The van der Waals surface area contributed by atoms with E-state index < -0.39 is 0 Å². The molecule has 0 amide bonds. The van der Waals surface area contributed by atoms with Gasteiger partial charge in [-0.3, -0.25) is 9.56 Å². The highest BCUT2D eigenvalue weighted by Gasteiger charge is 2.20. The second-order valence-corrected chi connectivity index (χ2v) is 8.18. The Bertz CT molecular complexity index is 1150. The predicted molar refractivity (Wildman–Crippen MR) is 113 cm³/mol. The number of aliphatic imine (C=N–C) groups is 1. The molecule has 0 saturated carbocycles. The Morgan fingerprint density at radius 3 is 2.62 bits per heavy atom. The van der Waals surface area contributed by atoms with Gasteiger partial charge in [-0.25, -0.2) is 0 Å². The molecule has 0 unspecified atom stereocenters. The predicted octanol–water partition coefficient (Wildman–Crippen LogP) is 6.24. The number of aromatic hydroxyl groups is 1. The summed E-state index contributed by atoms with van der Waals surface area (Å²) in [5.41, 5.74) is 7.25. The molecule has 0 bridgehead atoms. The highest BCUT2D eigenvalue weighted by Crippen LogP contribution is 2.39. The molecule has 0 spiro atoms. The summed E-state index contributed by atoms with van der Waals surface area (Å²) in [4.78, 5) is 5.38. The summed E-state index contributed by atoms with van der Waals surface area (Å²) in [6.07, 6.45) is 1.99. The number of benzene rings is 2. The molecule has 0 saturated heterocycles. The molecule has 0 radical (unpaired) electrons. The highest BCUT2D eigenvalue weighted by molar-refractivity contribution is 7.73. The third kappa shape index (κ3) is 2.83. The van der Waals surface area contributed by atoms with E-state index in [1.54, 1.807) is 4.57 Å². The molecule has 4 rings (SSSR count). The maximum absolute atomic E-state index is 10.8. The van der Waals surface area contributed by atoms with Crippen molar-refractivity contribution in [3.63, 3.8) is 0 Å². The largest absolute Gasteiger partial charge is 0.493 e. The smallest absolute Gasteiger partial charge is 0.215 e. The van der Waals surface area contributed by atoms with Crippen molar-refractivity contribution in [3.8, 4) is 11.6 Å². The molecule has 5 heteroatoms. The van der Waals surface area contributed by atoms with Gasteiger partial charge in [0, 0.05) is 16.8 Å². The summed E-state index contributed by atoms with van der Waals surface area (Å²) in [6.45, 7) is 6.09. The van der Waals surface area contributed by atoms with Crippen molar-refractivity contribution in [3.05, 3.63) is 68.0 Å². The van der Waals surface area contributed by atoms with Crippen molar-refractivity contribution >= 4 is 46.6 Å². The quantitative estimate of drug-likeness (QED) is 0.536. The van der Waals surface area contributed by atoms with Crippen LogP contribution in [0.2, 0.25) is 0 Å². The fourth-order valence-electron chi connectivity index (χ4n) is 3.18. The molecule has 0 atom stereocenters. The highest BCUT2D eigenvalue weighted by atomic mass is 32.1. The van der Waals surface area contributed by atoms with Crippen molar-refractivity contribution in [1.82, 2.24) is 4.57 Å². The lowest BCUT2D eigenvalue weighted by Gasteiger charge is -2.06. The first-order chi connectivity index (χ1) is 12.4. The van der Waals surface area contributed by atoms with Crippen LogP contribution in [-0.4, -0.2) is 15.4 Å². The van der Waals surface area contributed by atoms with Crippen LogP contribution < -0.4 is 0 Å². The van der Waals surface area contributed by atoms with Gasteiger partial charge < -0.3 is 5.11 Å². The molecule has 1 N–H and O–H groups in total. The monoisotopic (exact) mass is 378 g/mol. The Hall–Kier alpha value is -2.50. The Morgan fingerprint density at radius 2 is 1.85 bits per heavy atom. The molecular weight excluding hydrogens is 360 g/mol. The number of nitrogens with zero attached hydrogens (tertiary/aromatic N) is 2. The molecular formula is C21H18N2OS2. The first-order valence-corrected chi connectivity index (χ1v) is 9.57. The zero-order valence-electron chi connectivity index (χ0n) is 14.8. The lowest BCUT2D eigenvalue weighted by molar-refractivity contribution is 0.441. The van der Waals surface area contributed by atoms with Gasteiger partial charge in [0.05, 0.1) is 16.3 Å². The number of thiazole rings is 1. The number of aromatic nitrogens is 1. The van der Waals surface area contributed by atoms with Gasteiger partial charge in [0.1, 0.15) is 0 Å². The zero-order chi connectivity index (χ0) is 18.4. The average Bonchev–Trinajstić information content (AvgIpc) is 3.04. The van der Waals surface area contributed by atoms with Gasteiger partial charge in [-0.1, -0.05) is 23.8 Å². The Balaban J connectivity index is 1.86. The molecule has 0 aliphatic carbocycles. The normalized spacial score (nSPS) is 14.6. The van der Waals surface area contributed by atoms with E-state index in [0.717, 1.165) is 38.7 Å². The van der Waals surface area contributed by atoms with Crippen LogP contribution in [0.15, 0.2) is 47.5 Å². The van der Waals surface area contributed by atoms with E-state index in [1.165, 1.54) is 16.9 Å². The molecule has 130 valence electrons. The summed E-state index contributed by atoms with van der Waals surface area (Å²) < 4.78 is 2.34. The summed E-state index contributed by atoms with van der Waals surface area (Å²) in [7, 11) is 0. The van der Waals surface area contributed by atoms with E-state index in [0.29, 0.717) is 3.95 Å². The van der Waals surface area contributed by atoms with Crippen LogP contribution in [0.4, 0.5) is 5.69 Å². The van der Waals surface area contributed by atoms with Crippen molar-refractivity contribution in [2.24, 2.45) is 4.99 Å². The van der Waals surface area contributed by atoms with Gasteiger partial charge in [-0.15, -0.1) is 11.3 Å². The van der Waals surface area contributed by atoms with Crippen LogP contribution in [0.5, 0.6) is 5.88 Å². The third-order valence-corrected chi connectivity index (χ3v) is 5.78. The number of aryl methyl sites for hydroxylation is 2. The van der Waals surface area contributed by atoms with Crippen molar-refractivity contribution in [2.75, 3.05) is 0 Å². The molecule has 0 fully saturated rings. The summed E-state index contributed by atoms with van der Waals surface area (Å²) >= 11 is 6.92. The second-order valence-electron chi connectivity index (χ2n) is 6.51. The number of hydrogen-bond acceptors (Lipinski definition) is 4. The topological polar surface area (TPSA) is 37.5 Å². The Kier molecular flexibility index (Phi) is 4.13. The second kappa shape index (κ2) is 6.34. The molecule has 3 aromatic rings. The van der Waals surface area contributed by atoms with Gasteiger partial charge >= 0.3 is 0 Å². The van der Waals surface area contributed by atoms with E-state index in [4.69, 9.17) is 12.2 Å². The summed E-state index contributed by atoms with van der Waals surface area (Å²) in [6, 6.07) is 14.2. The van der Waals surface area contributed by atoms with E-state index in [2.05, 4.69) is 24.0 Å². The van der Waals surface area contributed by atoms with Crippen molar-refractivity contribution < 1.29 is 5.11 Å². The minimum atomic E-state index is 0.173. The SMILES string of the molecule is CC1=Nc2ccc(C)cc2/C1=C\c1sc(=S)n(-c2cccc(C)c2)c1O. The average molecular weight is 379 g/mol. The summed E-state index contributed by atoms with van der Waals surface area (Å²) in [5, 5.41) is 10.8. The molecule has 1 aliphatic heterocycles.